The zero-order chi connectivity index (χ0) is 21.5. The number of benzene rings is 1. The first-order chi connectivity index (χ1) is 15.0. The molecule has 2 heterocycles. The summed E-state index contributed by atoms with van der Waals surface area (Å²) >= 11 is 0. The van der Waals surface area contributed by atoms with E-state index >= 15 is 0 Å². The number of pyridine rings is 2. The number of hydrogen-bond acceptors (Lipinski definition) is 4. The normalized spacial score (nSPS) is 23.6. The smallest absolute Gasteiger partial charge is 0.257 e. The highest BCUT2D eigenvalue weighted by Crippen LogP contribution is 2.41. The van der Waals surface area contributed by atoms with Crippen molar-refractivity contribution in [3.8, 4) is 0 Å². The summed E-state index contributed by atoms with van der Waals surface area (Å²) < 4.78 is 14.5. The molecule has 2 fully saturated rings. The zero-order valence-electron chi connectivity index (χ0n) is 17.6. The van der Waals surface area contributed by atoms with Crippen molar-refractivity contribution in [2.24, 2.45) is 11.7 Å². The number of halogens is 1. The fraction of sp³-hybridized carbons (Fsp3) is 0.400. The molecule has 2 aromatic heterocycles. The number of hydrogen-bond donors (Lipinski definition) is 2. The molecule has 6 heteroatoms. The Labute approximate surface area is 181 Å². The fourth-order valence-electron chi connectivity index (χ4n) is 4.99. The largest absolute Gasteiger partial charge is 0.328 e. The van der Waals surface area contributed by atoms with Gasteiger partial charge in [0.1, 0.15) is 5.82 Å². The van der Waals surface area contributed by atoms with E-state index in [1.807, 2.05) is 12.1 Å². The number of aromatic nitrogens is 2. The molecule has 0 bridgehead atoms. The number of anilines is 1. The molecule has 0 saturated heterocycles. The van der Waals surface area contributed by atoms with Crippen molar-refractivity contribution in [1.29, 1.82) is 0 Å². The molecule has 3 atom stereocenters. The van der Waals surface area contributed by atoms with Crippen molar-refractivity contribution in [2.75, 3.05) is 5.32 Å². The van der Waals surface area contributed by atoms with Gasteiger partial charge in [-0.05, 0) is 85.3 Å². The number of rotatable bonds is 4. The van der Waals surface area contributed by atoms with E-state index < -0.39 is 0 Å². The summed E-state index contributed by atoms with van der Waals surface area (Å²) in [5, 5.41) is 3.41. The minimum atomic E-state index is -0.353. The van der Waals surface area contributed by atoms with Crippen molar-refractivity contribution in [1.82, 2.24) is 9.97 Å². The molecule has 5 rings (SSSR count). The molecule has 1 aromatic carbocycles. The van der Waals surface area contributed by atoms with Gasteiger partial charge in [-0.1, -0.05) is 6.92 Å². The van der Waals surface area contributed by atoms with E-state index in [-0.39, 0.29) is 23.7 Å². The summed E-state index contributed by atoms with van der Waals surface area (Å²) in [6.45, 7) is 2.22. The predicted molar refractivity (Wildman–Crippen MR) is 120 cm³/mol. The average molecular weight is 419 g/mol. The highest BCUT2D eigenvalue weighted by molar-refractivity contribution is 6.12. The van der Waals surface area contributed by atoms with Crippen molar-refractivity contribution >= 4 is 22.5 Å². The second-order valence-corrected chi connectivity index (χ2v) is 9.22. The molecular formula is C25H27FN4O. The van der Waals surface area contributed by atoms with Crippen LogP contribution in [0, 0.1) is 11.7 Å². The van der Waals surface area contributed by atoms with Gasteiger partial charge in [0, 0.05) is 23.8 Å². The van der Waals surface area contributed by atoms with Gasteiger partial charge in [0.05, 0.1) is 23.0 Å². The third-order valence-electron chi connectivity index (χ3n) is 6.63. The molecule has 0 spiro atoms. The van der Waals surface area contributed by atoms with Gasteiger partial charge < -0.3 is 11.1 Å². The van der Waals surface area contributed by atoms with Crippen LogP contribution in [-0.4, -0.2) is 21.9 Å². The van der Waals surface area contributed by atoms with E-state index in [1.165, 1.54) is 12.1 Å². The Balaban J connectivity index is 1.46. The van der Waals surface area contributed by atoms with Crippen molar-refractivity contribution in [3.05, 3.63) is 65.4 Å². The Morgan fingerprint density at radius 3 is 2.74 bits per heavy atom. The molecule has 3 N–H and O–H groups in total. The Kier molecular flexibility index (Phi) is 5.18. The predicted octanol–water partition coefficient (Wildman–Crippen LogP) is 5.13. The second-order valence-electron chi connectivity index (χ2n) is 9.22. The quantitative estimate of drug-likeness (QED) is 0.615. The molecular weight excluding hydrogens is 391 g/mol. The molecule has 1 unspecified atom stereocenters. The van der Waals surface area contributed by atoms with Crippen LogP contribution in [0.5, 0.6) is 0 Å². The minimum Gasteiger partial charge on any atom is -0.328 e. The number of carbonyl (C=O) groups is 1. The second kappa shape index (κ2) is 8.00. The van der Waals surface area contributed by atoms with E-state index in [4.69, 9.17) is 5.73 Å². The zero-order valence-corrected chi connectivity index (χ0v) is 17.6. The first-order valence-corrected chi connectivity index (χ1v) is 11.1. The number of nitrogens with one attached hydrogen (secondary N) is 1. The molecule has 0 aliphatic heterocycles. The number of nitrogens with zero attached hydrogens (tertiary/aromatic N) is 2. The summed E-state index contributed by atoms with van der Waals surface area (Å²) in [6, 6.07) is 6.82. The topological polar surface area (TPSA) is 80.9 Å². The van der Waals surface area contributed by atoms with Gasteiger partial charge in [0.2, 0.25) is 0 Å². The van der Waals surface area contributed by atoms with Gasteiger partial charge in [-0.3, -0.25) is 14.8 Å². The van der Waals surface area contributed by atoms with Gasteiger partial charge in [-0.15, -0.1) is 0 Å². The Bertz CT molecular complexity index is 1130. The Morgan fingerprint density at radius 2 is 1.97 bits per heavy atom. The average Bonchev–Trinajstić information content (AvgIpc) is 3.59. The lowest BCUT2D eigenvalue weighted by molar-refractivity contribution is 0.102. The van der Waals surface area contributed by atoms with Gasteiger partial charge in [-0.25, -0.2) is 4.39 Å². The van der Waals surface area contributed by atoms with E-state index in [9.17, 15) is 9.18 Å². The van der Waals surface area contributed by atoms with Gasteiger partial charge in [0.25, 0.3) is 5.91 Å². The summed E-state index contributed by atoms with van der Waals surface area (Å²) in [4.78, 5) is 21.9. The van der Waals surface area contributed by atoms with Crippen LogP contribution in [0.2, 0.25) is 0 Å². The molecule has 2 aliphatic rings. The first-order valence-electron chi connectivity index (χ1n) is 11.1. The van der Waals surface area contributed by atoms with Crippen LogP contribution in [0.3, 0.4) is 0 Å². The SMILES string of the molecule is C[C@@H]1CC(N)C[C@H](c2ccncc2NC(=O)c2ccc(F)c3cc(C4CC4)cnc23)C1. The standard InChI is InChI=1S/C25H27FN4O/c1-14-8-16(10-18(27)9-14)19-6-7-28-13-23(19)30-25(31)20-4-5-22(26)21-11-17(15-2-3-15)12-29-24(20)21/h4-7,11-16,18H,2-3,8-10,27H2,1H3,(H,30,31)/t14-,16+,18?/m0/s1. The van der Waals surface area contributed by atoms with Crippen LogP contribution in [0.1, 0.15) is 72.3 Å². The molecule has 0 radical (unpaired) electrons. The van der Waals surface area contributed by atoms with E-state index in [0.717, 1.165) is 43.2 Å². The number of nitrogens with two attached hydrogens (primary N) is 1. The Morgan fingerprint density at radius 1 is 1.13 bits per heavy atom. The summed E-state index contributed by atoms with van der Waals surface area (Å²) in [7, 11) is 0. The summed E-state index contributed by atoms with van der Waals surface area (Å²) in [6.07, 6.45) is 10.4. The van der Waals surface area contributed by atoms with Crippen LogP contribution in [0.25, 0.3) is 10.9 Å². The number of amides is 1. The van der Waals surface area contributed by atoms with Crippen LogP contribution >= 0.6 is 0 Å². The minimum absolute atomic E-state index is 0.163. The molecule has 160 valence electrons. The van der Waals surface area contributed by atoms with Crippen LogP contribution in [0.15, 0.2) is 42.9 Å². The molecule has 2 aliphatic carbocycles. The van der Waals surface area contributed by atoms with Crippen molar-refractivity contribution in [3.63, 3.8) is 0 Å². The van der Waals surface area contributed by atoms with Crippen LogP contribution in [0.4, 0.5) is 10.1 Å². The maximum Gasteiger partial charge on any atom is 0.257 e. The maximum atomic E-state index is 14.5. The number of fused-ring (bicyclic) bond motifs is 1. The molecule has 2 saturated carbocycles. The third kappa shape index (κ3) is 4.04. The van der Waals surface area contributed by atoms with E-state index in [0.29, 0.717) is 34.0 Å². The lowest BCUT2D eigenvalue weighted by atomic mass is 9.76. The van der Waals surface area contributed by atoms with Gasteiger partial charge in [0.15, 0.2) is 0 Å². The maximum absolute atomic E-state index is 14.5. The summed E-state index contributed by atoms with van der Waals surface area (Å²) in [5.74, 6) is 0.626. The van der Waals surface area contributed by atoms with Gasteiger partial charge in [-0.2, -0.15) is 0 Å². The highest BCUT2D eigenvalue weighted by atomic mass is 19.1. The van der Waals surface area contributed by atoms with E-state index in [2.05, 4.69) is 22.2 Å². The third-order valence-corrected chi connectivity index (χ3v) is 6.63. The van der Waals surface area contributed by atoms with Crippen LogP contribution < -0.4 is 11.1 Å². The lowest BCUT2D eigenvalue weighted by Crippen LogP contribution is -2.31. The number of carbonyl (C=O) groups excluding carboxylic acids is 1. The highest BCUT2D eigenvalue weighted by Gasteiger charge is 2.28. The Hall–Kier alpha value is -2.86. The molecule has 1 amide bonds. The molecule has 3 aromatic rings. The first kappa shape index (κ1) is 20.1. The van der Waals surface area contributed by atoms with Crippen molar-refractivity contribution in [2.45, 2.75) is 56.9 Å². The van der Waals surface area contributed by atoms with Crippen LogP contribution in [-0.2, 0) is 0 Å². The lowest BCUT2D eigenvalue weighted by Gasteiger charge is -2.32. The monoisotopic (exact) mass is 418 g/mol. The molecule has 31 heavy (non-hydrogen) atoms. The molecule has 5 nitrogen and oxygen atoms in total. The van der Waals surface area contributed by atoms with Crippen molar-refractivity contribution < 1.29 is 9.18 Å². The summed E-state index contributed by atoms with van der Waals surface area (Å²) in [5.41, 5.74) is 9.80. The van der Waals surface area contributed by atoms with E-state index in [1.54, 1.807) is 18.6 Å². The van der Waals surface area contributed by atoms with Gasteiger partial charge >= 0.3 is 0 Å². The fourth-order valence-corrected chi connectivity index (χ4v) is 4.99.